The number of benzene rings is 3. The fourth-order valence-electron chi connectivity index (χ4n) is 8.91. The highest BCUT2D eigenvalue weighted by atomic mass is 28.4. The highest BCUT2D eigenvalue weighted by Gasteiger charge is 2.70. The number of ether oxygens (including phenoxy) is 3. The Labute approximate surface area is 343 Å². The maximum atomic E-state index is 15.9. The first-order chi connectivity index (χ1) is 27.4. The number of aromatic nitrogens is 1. The van der Waals surface area contributed by atoms with Crippen LogP contribution in [0, 0.1) is 17.8 Å². The van der Waals surface area contributed by atoms with Crippen LogP contribution in [-0.2, 0) is 28.9 Å². The lowest BCUT2D eigenvalue weighted by molar-refractivity contribution is -0.151. The molecule has 308 valence electrons. The van der Waals surface area contributed by atoms with E-state index in [0.29, 0.717) is 41.2 Å². The van der Waals surface area contributed by atoms with Gasteiger partial charge in [-0.25, -0.2) is 0 Å². The Kier molecular flexibility index (Phi) is 11.1. The predicted molar refractivity (Wildman–Crippen MR) is 223 cm³/mol. The molecule has 0 aliphatic heterocycles. The number of carbonyl (C=O) groups is 3. The lowest BCUT2D eigenvalue weighted by Crippen LogP contribution is -2.70. The number of rotatable bonds is 12. The largest absolute Gasteiger partial charge is 0.496 e. The van der Waals surface area contributed by atoms with Gasteiger partial charge in [0.05, 0.1) is 24.6 Å². The Morgan fingerprint density at radius 3 is 2.07 bits per heavy atom. The fraction of sp³-hybridized carbons (Fsp3) is 0.478. The molecule has 0 N–H and O–H groups in total. The molecule has 0 bridgehead atoms. The van der Waals surface area contributed by atoms with Gasteiger partial charge >= 0.3 is 0 Å². The Hall–Kier alpha value is -4.62. The SMILES string of the molecule is COc1c([C@H](C)N(C)C)cc(OCc2ccccc2)c2c1C[C@H]1C[C@H]3[C@H](N(C)C)c4onc(OCc5ccccc5)c4C(=O)[C@@]3(O[Si](C)(C)C(C)(C)C)C(=O)C1C2=O. The van der Waals surface area contributed by atoms with E-state index in [2.05, 4.69) is 37.8 Å². The second kappa shape index (κ2) is 15.5. The third-order valence-corrected chi connectivity index (χ3v) is 17.6. The van der Waals surface area contributed by atoms with Gasteiger partial charge in [0.2, 0.25) is 5.78 Å². The molecule has 58 heavy (non-hydrogen) atoms. The van der Waals surface area contributed by atoms with Crippen LogP contribution < -0.4 is 14.2 Å². The molecule has 4 aromatic rings. The van der Waals surface area contributed by atoms with Crippen molar-refractivity contribution in [2.45, 2.75) is 89.6 Å². The van der Waals surface area contributed by atoms with Crippen LogP contribution in [0.5, 0.6) is 17.4 Å². The molecule has 6 atom stereocenters. The summed E-state index contributed by atoms with van der Waals surface area (Å²) in [6.45, 7) is 12.7. The van der Waals surface area contributed by atoms with Crippen molar-refractivity contribution in [3.8, 4) is 17.4 Å². The summed E-state index contributed by atoms with van der Waals surface area (Å²) in [4.78, 5) is 51.0. The molecule has 3 aliphatic carbocycles. The highest BCUT2D eigenvalue weighted by Crippen LogP contribution is 2.59. The molecular weight excluding hydrogens is 751 g/mol. The van der Waals surface area contributed by atoms with Crippen LogP contribution in [0.3, 0.4) is 0 Å². The topological polar surface area (TPSA) is 121 Å². The third kappa shape index (κ3) is 6.91. The van der Waals surface area contributed by atoms with E-state index in [1.54, 1.807) is 7.11 Å². The van der Waals surface area contributed by atoms with Gasteiger partial charge in [-0.05, 0) is 94.4 Å². The van der Waals surface area contributed by atoms with Crippen molar-refractivity contribution < 1.29 is 37.5 Å². The molecule has 1 unspecified atom stereocenters. The van der Waals surface area contributed by atoms with E-state index in [4.69, 9.17) is 23.2 Å². The highest BCUT2D eigenvalue weighted by molar-refractivity contribution is 6.74. The summed E-state index contributed by atoms with van der Waals surface area (Å²) < 4.78 is 32.3. The molecule has 1 aromatic heterocycles. The summed E-state index contributed by atoms with van der Waals surface area (Å²) in [5, 5.41) is 3.93. The molecule has 1 saturated carbocycles. The number of ketones is 3. The van der Waals surface area contributed by atoms with E-state index in [-0.39, 0.29) is 41.5 Å². The zero-order chi connectivity index (χ0) is 41.9. The summed E-state index contributed by atoms with van der Waals surface area (Å²) in [6.07, 6.45) is 0.702. The van der Waals surface area contributed by atoms with Gasteiger partial charge in [-0.2, -0.15) is 0 Å². The molecule has 3 aliphatic rings. The Morgan fingerprint density at radius 1 is 0.914 bits per heavy atom. The first-order valence-electron chi connectivity index (χ1n) is 20.2. The normalized spacial score (nSPS) is 23.6. The lowest BCUT2D eigenvalue weighted by atomic mass is 9.54. The smallest absolute Gasteiger partial charge is 0.265 e. The first kappa shape index (κ1) is 41.5. The quantitative estimate of drug-likeness (QED) is 0.102. The number of nitrogens with zero attached hydrogens (tertiary/aromatic N) is 3. The minimum atomic E-state index is -2.92. The van der Waals surface area contributed by atoms with Crippen LogP contribution in [0.4, 0.5) is 0 Å². The van der Waals surface area contributed by atoms with Crippen LogP contribution in [0.1, 0.15) is 94.9 Å². The molecular formula is C46H57N3O8Si. The average Bonchev–Trinajstić information content (AvgIpc) is 3.60. The van der Waals surface area contributed by atoms with Crippen molar-refractivity contribution in [1.82, 2.24) is 15.0 Å². The zero-order valence-corrected chi connectivity index (χ0v) is 36.7. The molecule has 1 heterocycles. The molecule has 0 radical (unpaired) electrons. The minimum absolute atomic E-state index is 0.00600. The summed E-state index contributed by atoms with van der Waals surface area (Å²) in [6, 6.07) is 20.5. The van der Waals surface area contributed by atoms with Gasteiger partial charge < -0.3 is 28.1 Å². The summed E-state index contributed by atoms with van der Waals surface area (Å²) in [5.74, 6) is -2.45. The number of methoxy groups -OCH3 is 1. The van der Waals surface area contributed by atoms with E-state index in [1.807, 2.05) is 113 Å². The monoisotopic (exact) mass is 807 g/mol. The molecule has 3 aromatic carbocycles. The lowest BCUT2D eigenvalue weighted by Gasteiger charge is -2.56. The second-order valence-electron chi connectivity index (χ2n) is 18.1. The minimum Gasteiger partial charge on any atom is -0.496 e. The van der Waals surface area contributed by atoms with Crippen molar-refractivity contribution in [2.24, 2.45) is 17.8 Å². The molecule has 11 nitrogen and oxygen atoms in total. The standard InChI is InChI=1S/C46H57N3O8Si/c1-27(48(5)6)31-24-34(54-25-28-18-14-12-15-19-28)36-32(40(31)53-9)22-30-23-33-38(49(7)8)41-37(44(47-56-41)55-26-29-20-16-13-17-21-29)43(52)46(33,42(51)35(30)39(36)50)57-58(10,11)45(2,3)4/h12-21,24,27,30,33,35,38H,22-23,25-26H2,1-11H3/t27-,30-,33-,35?,38-,46-/m0/s1. The summed E-state index contributed by atoms with van der Waals surface area (Å²) in [5.41, 5.74) is 1.82. The predicted octanol–water partition coefficient (Wildman–Crippen LogP) is 8.28. The Balaban J connectivity index is 1.40. The van der Waals surface area contributed by atoms with Crippen molar-refractivity contribution in [3.63, 3.8) is 0 Å². The summed E-state index contributed by atoms with van der Waals surface area (Å²) >= 11 is 0. The van der Waals surface area contributed by atoms with Crippen LogP contribution in [0.2, 0.25) is 18.1 Å². The van der Waals surface area contributed by atoms with Gasteiger partial charge in [0.1, 0.15) is 30.3 Å². The number of hydrogen-bond donors (Lipinski definition) is 0. The molecule has 12 heteroatoms. The van der Waals surface area contributed by atoms with Crippen LogP contribution >= 0.6 is 0 Å². The van der Waals surface area contributed by atoms with Crippen molar-refractivity contribution in [3.05, 3.63) is 106 Å². The molecule has 1 fully saturated rings. The molecule has 0 spiro atoms. The molecule has 0 saturated heterocycles. The number of hydrogen-bond acceptors (Lipinski definition) is 11. The number of fused-ring (bicyclic) bond motifs is 4. The Bertz CT molecular complexity index is 2200. The van der Waals surface area contributed by atoms with Gasteiger partial charge in [0, 0.05) is 23.1 Å². The van der Waals surface area contributed by atoms with E-state index in [9.17, 15) is 0 Å². The van der Waals surface area contributed by atoms with E-state index in [0.717, 1.165) is 16.7 Å². The second-order valence-corrected chi connectivity index (χ2v) is 22.8. The first-order valence-corrected chi connectivity index (χ1v) is 23.1. The van der Waals surface area contributed by atoms with Crippen molar-refractivity contribution in [2.75, 3.05) is 35.3 Å². The van der Waals surface area contributed by atoms with Gasteiger partial charge in [0.15, 0.2) is 31.2 Å². The number of carbonyl (C=O) groups excluding carboxylic acids is 3. The van der Waals surface area contributed by atoms with Gasteiger partial charge in [-0.15, -0.1) is 0 Å². The van der Waals surface area contributed by atoms with E-state index in [1.165, 1.54) is 0 Å². The van der Waals surface area contributed by atoms with Gasteiger partial charge in [-0.3, -0.25) is 19.3 Å². The van der Waals surface area contributed by atoms with Crippen LogP contribution in [0.25, 0.3) is 0 Å². The fourth-order valence-corrected chi connectivity index (χ4v) is 10.4. The maximum absolute atomic E-state index is 15.9. The van der Waals surface area contributed by atoms with Gasteiger partial charge in [0.25, 0.3) is 5.88 Å². The number of Topliss-reactive ketones (excluding diaryl/α,β-unsaturated/α-hetero) is 3. The maximum Gasteiger partial charge on any atom is 0.265 e. The average molecular weight is 808 g/mol. The van der Waals surface area contributed by atoms with Crippen LogP contribution in [-0.4, -0.2) is 81.5 Å². The molecule has 0 amide bonds. The summed E-state index contributed by atoms with van der Waals surface area (Å²) in [7, 11) is 6.50. The van der Waals surface area contributed by atoms with Crippen molar-refractivity contribution in [1.29, 1.82) is 0 Å². The third-order valence-electron chi connectivity index (χ3n) is 13.1. The van der Waals surface area contributed by atoms with Gasteiger partial charge in [-0.1, -0.05) is 81.4 Å². The zero-order valence-electron chi connectivity index (χ0n) is 35.7. The van der Waals surface area contributed by atoms with E-state index >= 15 is 14.4 Å². The van der Waals surface area contributed by atoms with Crippen LogP contribution in [0.15, 0.2) is 71.3 Å². The molecule has 7 rings (SSSR count). The van der Waals surface area contributed by atoms with E-state index < -0.39 is 49.3 Å². The van der Waals surface area contributed by atoms with Crippen molar-refractivity contribution >= 4 is 25.7 Å². The Morgan fingerprint density at radius 2 is 1.52 bits per heavy atom.